The van der Waals surface area contributed by atoms with Crippen molar-refractivity contribution in [3.8, 4) is 0 Å². The third-order valence-electron chi connectivity index (χ3n) is 4.11. The second kappa shape index (κ2) is 11.5. The molecule has 0 radical (unpaired) electrons. The van der Waals surface area contributed by atoms with Gasteiger partial charge in [-0.05, 0) is 79.1 Å². The van der Waals surface area contributed by atoms with Gasteiger partial charge in [0.25, 0.3) is 0 Å². The first-order valence-electron chi connectivity index (χ1n) is 9.38. The predicted octanol–water partition coefficient (Wildman–Crippen LogP) is 4.47. The number of rotatable bonds is 8. The lowest BCUT2D eigenvalue weighted by Gasteiger charge is -2.13. The highest BCUT2D eigenvalue weighted by atomic mass is 32.1. The summed E-state index contributed by atoms with van der Waals surface area (Å²) in [6.45, 7) is 5.84. The Morgan fingerprint density at radius 1 is 0.741 bits per heavy atom. The maximum Gasteiger partial charge on any atom is 0.170 e. The Labute approximate surface area is 173 Å². The first-order valence-corrected chi connectivity index (χ1v) is 10.2. The van der Waals surface area contributed by atoms with Gasteiger partial charge in [0, 0.05) is 24.5 Å². The minimum atomic E-state index is 0.639. The molecule has 0 atom stereocenters. The van der Waals surface area contributed by atoms with Crippen molar-refractivity contribution in [3.63, 3.8) is 0 Å². The van der Waals surface area contributed by atoms with Gasteiger partial charge in [-0.3, -0.25) is 0 Å². The SMILES string of the molecule is CCc1cccc(NC(=S)NCCCNC(=S)Nc2cccc(CC)c2)c1. The summed E-state index contributed by atoms with van der Waals surface area (Å²) in [5, 5.41) is 14.2. The van der Waals surface area contributed by atoms with Crippen LogP contribution in [0.1, 0.15) is 31.4 Å². The highest BCUT2D eigenvalue weighted by Gasteiger charge is 2.00. The normalized spacial score (nSPS) is 10.1. The van der Waals surface area contributed by atoms with Crippen LogP contribution in [0.4, 0.5) is 11.4 Å². The molecule has 0 saturated heterocycles. The van der Waals surface area contributed by atoms with Crippen molar-refractivity contribution in [2.24, 2.45) is 0 Å². The predicted molar refractivity (Wildman–Crippen MR) is 125 cm³/mol. The Morgan fingerprint density at radius 2 is 1.19 bits per heavy atom. The Morgan fingerprint density at radius 3 is 1.59 bits per heavy atom. The first-order chi connectivity index (χ1) is 13.1. The minimum absolute atomic E-state index is 0.639. The Kier molecular flexibility index (Phi) is 9.01. The molecule has 2 rings (SSSR count). The van der Waals surface area contributed by atoms with E-state index in [0.29, 0.717) is 10.2 Å². The van der Waals surface area contributed by atoms with E-state index < -0.39 is 0 Å². The summed E-state index contributed by atoms with van der Waals surface area (Å²) in [6, 6.07) is 16.6. The third-order valence-corrected chi connectivity index (χ3v) is 4.60. The average Bonchev–Trinajstić information content (AvgIpc) is 2.68. The number of nitrogens with one attached hydrogen (secondary N) is 4. The number of benzene rings is 2. The zero-order valence-electron chi connectivity index (χ0n) is 16.0. The first kappa shape index (κ1) is 21.1. The number of thiocarbonyl (C=S) groups is 2. The molecule has 0 amide bonds. The van der Waals surface area contributed by atoms with Crippen molar-refractivity contribution in [2.45, 2.75) is 33.1 Å². The molecule has 2 aromatic rings. The van der Waals surface area contributed by atoms with Crippen molar-refractivity contribution < 1.29 is 0 Å². The van der Waals surface area contributed by atoms with Gasteiger partial charge >= 0.3 is 0 Å². The van der Waals surface area contributed by atoms with Crippen LogP contribution in [0.5, 0.6) is 0 Å². The molecule has 2 aromatic carbocycles. The van der Waals surface area contributed by atoms with Gasteiger partial charge < -0.3 is 21.3 Å². The highest BCUT2D eigenvalue weighted by molar-refractivity contribution is 7.80. The quantitative estimate of drug-likeness (QED) is 0.387. The second-order valence-corrected chi connectivity index (χ2v) is 7.04. The van der Waals surface area contributed by atoms with Crippen molar-refractivity contribution in [2.75, 3.05) is 23.7 Å². The maximum atomic E-state index is 5.35. The number of hydrogen-bond acceptors (Lipinski definition) is 2. The standard InChI is InChI=1S/C21H28N4S2/c1-3-16-8-5-10-18(14-16)24-20(26)22-12-7-13-23-21(27)25-19-11-6-9-17(4-2)15-19/h5-6,8-11,14-15H,3-4,7,12-13H2,1-2H3,(H2,22,24,26)(H2,23,25,27). The Bertz CT molecular complexity index is 698. The molecule has 0 heterocycles. The van der Waals surface area contributed by atoms with E-state index in [4.69, 9.17) is 24.4 Å². The number of hydrogen-bond donors (Lipinski definition) is 4. The van der Waals surface area contributed by atoms with E-state index in [2.05, 4.69) is 59.4 Å². The molecule has 0 unspecified atom stereocenters. The van der Waals surface area contributed by atoms with E-state index in [9.17, 15) is 0 Å². The van der Waals surface area contributed by atoms with Crippen molar-refractivity contribution >= 4 is 46.0 Å². The van der Waals surface area contributed by atoms with Gasteiger partial charge in [-0.1, -0.05) is 38.1 Å². The number of aryl methyl sites for hydroxylation is 2. The maximum absolute atomic E-state index is 5.35. The third kappa shape index (κ3) is 7.93. The average molecular weight is 401 g/mol. The van der Waals surface area contributed by atoms with Crippen LogP contribution < -0.4 is 21.3 Å². The van der Waals surface area contributed by atoms with Gasteiger partial charge in [0.05, 0.1) is 0 Å². The van der Waals surface area contributed by atoms with Crippen LogP contribution >= 0.6 is 24.4 Å². The molecule has 0 bridgehead atoms. The molecule has 0 aliphatic carbocycles. The van der Waals surface area contributed by atoms with Gasteiger partial charge in [-0.15, -0.1) is 0 Å². The summed E-state index contributed by atoms with van der Waals surface area (Å²) in [5.74, 6) is 0. The topological polar surface area (TPSA) is 48.1 Å². The molecule has 0 aliphatic heterocycles. The molecule has 0 aromatic heterocycles. The Balaban J connectivity index is 1.61. The summed E-state index contributed by atoms with van der Waals surface area (Å²) in [4.78, 5) is 0. The van der Waals surface area contributed by atoms with E-state index >= 15 is 0 Å². The van der Waals surface area contributed by atoms with E-state index in [1.165, 1.54) is 11.1 Å². The monoisotopic (exact) mass is 400 g/mol. The van der Waals surface area contributed by atoms with Crippen LogP contribution in [0.15, 0.2) is 48.5 Å². The van der Waals surface area contributed by atoms with Gasteiger partial charge in [0.15, 0.2) is 10.2 Å². The van der Waals surface area contributed by atoms with Crippen LogP contribution in [-0.2, 0) is 12.8 Å². The molecular formula is C21H28N4S2. The van der Waals surface area contributed by atoms with Crippen molar-refractivity contribution in [1.29, 1.82) is 0 Å². The number of anilines is 2. The minimum Gasteiger partial charge on any atom is -0.362 e. The van der Waals surface area contributed by atoms with E-state index in [0.717, 1.165) is 43.7 Å². The fourth-order valence-corrected chi connectivity index (χ4v) is 3.02. The lowest BCUT2D eigenvalue weighted by Crippen LogP contribution is -2.33. The molecule has 0 spiro atoms. The molecule has 6 heteroatoms. The van der Waals surface area contributed by atoms with Gasteiger partial charge in [0.2, 0.25) is 0 Å². The van der Waals surface area contributed by atoms with E-state index in [-0.39, 0.29) is 0 Å². The summed E-state index contributed by atoms with van der Waals surface area (Å²) in [7, 11) is 0. The Hall–Kier alpha value is -2.18. The summed E-state index contributed by atoms with van der Waals surface area (Å²) >= 11 is 10.7. The highest BCUT2D eigenvalue weighted by Crippen LogP contribution is 2.11. The second-order valence-electron chi connectivity index (χ2n) is 6.22. The molecule has 0 fully saturated rings. The van der Waals surface area contributed by atoms with Crippen molar-refractivity contribution in [1.82, 2.24) is 10.6 Å². The zero-order chi connectivity index (χ0) is 19.5. The fourth-order valence-electron chi connectivity index (χ4n) is 2.58. The van der Waals surface area contributed by atoms with Crippen molar-refractivity contribution in [3.05, 3.63) is 59.7 Å². The molecule has 4 N–H and O–H groups in total. The van der Waals surface area contributed by atoms with E-state index in [1.54, 1.807) is 0 Å². The molecule has 4 nitrogen and oxygen atoms in total. The fraction of sp³-hybridized carbons (Fsp3) is 0.333. The molecule has 0 saturated carbocycles. The lowest BCUT2D eigenvalue weighted by molar-refractivity contribution is 0.748. The van der Waals surface area contributed by atoms with Crippen LogP contribution in [0.3, 0.4) is 0 Å². The molecule has 144 valence electrons. The smallest absolute Gasteiger partial charge is 0.170 e. The van der Waals surface area contributed by atoms with Crippen LogP contribution in [0.25, 0.3) is 0 Å². The zero-order valence-corrected chi connectivity index (χ0v) is 17.6. The summed E-state index contributed by atoms with van der Waals surface area (Å²) < 4.78 is 0. The summed E-state index contributed by atoms with van der Waals surface area (Å²) in [5.41, 5.74) is 4.62. The lowest BCUT2D eigenvalue weighted by atomic mass is 10.1. The summed E-state index contributed by atoms with van der Waals surface area (Å²) in [6.07, 6.45) is 2.93. The van der Waals surface area contributed by atoms with Gasteiger partial charge in [-0.25, -0.2) is 0 Å². The molecule has 0 aliphatic rings. The van der Waals surface area contributed by atoms with Gasteiger partial charge in [0.1, 0.15) is 0 Å². The van der Waals surface area contributed by atoms with E-state index in [1.807, 2.05) is 24.3 Å². The van der Waals surface area contributed by atoms with Crippen LogP contribution in [0, 0.1) is 0 Å². The molecule has 27 heavy (non-hydrogen) atoms. The van der Waals surface area contributed by atoms with Gasteiger partial charge in [-0.2, -0.15) is 0 Å². The largest absolute Gasteiger partial charge is 0.362 e. The van der Waals surface area contributed by atoms with Crippen LogP contribution in [0.2, 0.25) is 0 Å². The van der Waals surface area contributed by atoms with Crippen LogP contribution in [-0.4, -0.2) is 23.3 Å². The molecular weight excluding hydrogens is 372 g/mol.